The van der Waals surface area contributed by atoms with E-state index in [9.17, 15) is 0 Å². The van der Waals surface area contributed by atoms with Crippen LogP contribution in [0.15, 0.2) is 0 Å². The Kier molecular flexibility index (Phi) is 13.4. The van der Waals surface area contributed by atoms with Gasteiger partial charge in [-0.05, 0) is 11.8 Å². The number of unbranched alkanes of at least 4 members (excludes halogenated alkanes) is 6. The van der Waals surface area contributed by atoms with Gasteiger partial charge in [0, 0.05) is 0 Å². The second kappa shape index (κ2) is 13.4. The van der Waals surface area contributed by atoms with E-state index in [2.05, 4.69) is 27.7 Å². The van der Waals surface area contributed by atoms with Crippen molar-refractivity contribution in [1.29, 1.82) is 0 Å². The normalized spacial score (nSPS) is 11.7. The van der Waals surface area contributed by atoms with Crippen molar-refractivity contribution in [2.24, 2.45) is 11.8 Å². The summed E-state index contributed by atoms with van der Waals surface area (Å²) >= 11 is 0. The summed E-state index contributed by atoms with van der Waals surface area (Å²) in [6.07, 6.45) is 17.4. The second-order valence-corrected chi connectivity index (χ2v) is 6.54. The third-order valence-electron chi connectivity index (χ3n) is 4.08. The third-order valence-corrected chi connectivity index (χ3v) is 4.08. The Morgan fingerprint density at radius 3 is 1.44 bits per heavy atom. The zero-order chi connectivity index (χ0) is 13.6. The molecule has 0 nitrogen and oxygen atoms in total. The van der Waals surface area contributed by atoms with Crippen LogP contribution in [0.1, 0.15) is 105 Å². The summed E-state index contributed by atoms with van der Waals surface area (Å²) in [5, 5.41) is 0. The van der Waals surface area contributed by atoms with Gasteiger partial charge in [-0.3, -0.25) is 0 Å². The van der Waals surface area contributed by atoms with Crippen LogP contribution in [0, 0.1) is 11.8 Å². The van der Waals surface area contributed by atoms with Gasteiger partial charge in [0.05, 0.1) is 0 Å². The van der Waals surface area contributed by atoms with Crippen molar-refractivity contribution < 1.29 is 0 Å². The van der Waals surface area contributed by atoms with Crippen LogP contribution in [0.3, 0.4) is 0 Å². The molecule has 0 radical (unpaired) electrons. The average molecular weight is 255 g/mol. The van der Waals surface area contributed by atoms with Crippen LogP contribution < -0.4 is 0 Å². The maximum absolute atomic E-state index is 2.37. The molecule has 0 bridgehead atoms. The number of hydrogen-bond donors (Lipinski definition) is 0. The highest BCUT2D eigenvalue weighted by atomic mass is 14.1. The summed E-state index contributed by atoms with van der Waals surface area (Å²) in [6.45, 7) is 9.35. The van der Waals surface area contributed by atoms with Crippen molar-refractivity contribution in [2.45, 2.75) is 105 Å². The molecule has 0 aliphatic heterocycles. The predicted molar refractivity (Wildman–Crippen MR) is 85.1 cm³/mol. The topological polar surface area (TPSA) is 0 Å². The number of rotatable bonds is 13. The van der Waals surface area contributed by atoms with Crippen molar-refractivity contribution in [3.63, 3.8) is 0 Å². The first-order valence-corrected chi connectivity index (χ1v) is 8.70. The van der Waals surface area contributed by atoms with Gasteiger partial charge < -0.3 is 0 Å². The highest BCUT2D eigenvalue weighted by molar-refractivity contribution is 4.62. The fourth-order valence-electron chi connectivity index (χ4n) is 2.72. The van der Waals surface area contributed by atoms with Gasteiger partial charge in [-0.1, -0.05) is 105 Å². The Labute approximate surface area is 117 Å². The molecule has 0 saturated heterocycles. The Morgan fingerprint density at radius 1 is 0.556 bits per heavy atom. The van der Waals surface area contributed by atoms with Crippen molar-refractivity contribution in [3.8, 4) is 0 Å². The SMILES string of the molecule is CCCCCCC(CCCCCC)CCC(C)C. The van der Waals surface area contributed by atoms with Gasteiger partial charge in [-0.25, -0.2) is 0 Å². The quantitative estimate of drug-likeness (QED) is 0.311. The lowest BCUT2D eigenvalue weighted by Crippen LogP contribution is -2.03. The van der Waals surface area contributed by atoms with Crippen LogP contribution in [-0.4, -0.2) is 0 Å². The zero-order valence-electron chi connectivity index (χ0n) is 13.6. The largest absolute Gasteiger partial charge is 0.0654 e. The van der Waals surface area contributed by atoms with Crippen LogP contribution >= 0.6 is 0 Å². The smallest absolute Gasteiger partial charge is 0.0414 e. The zero-order valence-corrected chi connectivity index (χ0v) is 13.6. The van der Waals surface area contributed by atoms with Crippen LogP contribution in [0.2, 0.25) is 0 Å². The van der Waals surface area contributed by atoms with Gasteiger partial charge in [-0.2, -0.15) is 0 Å². The molecule has 0 aliphatic rings. The fraction of sp³-hybridized carbons (Fsp3) is 1.00. The van der Waals surface area contributed by atoms with Crippen molar-refractivity contribution in [2.75, 3.05) is 0 Å². The molecule has 0 heterocycles. The molecule has 0 fully saturated rings. The van der Waals surface area contributed by atoms with Gasteiger partial charge in [0.15, 0.2) is 0 Å². The summed E-state index contributed by atoms with van der Waals surface area (Å²) in [5.41, 5.74) is 0. The molecular formula is C18H38. The first-order chi connectivity index (χ1) is 8.70. The van der Waals surface area contributed by atoms with Gasteiger partial charge in [0.2, 0.25) is 0 Å². The Morgan fingerprint density at radius 2 is 1.06 bits per heavy atom. The standard InChI is InChI=1S/C18H38/c1-5-7-9-11-13-18(16-15-17(3)4)14-12-10-8-6-2/h17-18H,5-16H2,1-4H3. The Balaban J connectivity index is 3.69. The molecule has 0 saturated carbocycles. The first kappa shape index (κ1) is 18.0. The Bertz CT molecular complexity index is 136. The van der Waals surface area contributed by atoms with E-state index >= 15 is 0 Å². The van der Waals surface area contributed by atoms with Crippen LogP contribution in [-0.2, 0) is 0 Å². The van der Waals surface area contributed by atoms with Gasteiger partial charge in [0.25, 0.3) is 0 Å². The lowest BCUT2D eigenvalue weighted by molar-refractivity contribution is 0.353. The van der Waals surface area contributed by atoms with Gasteiger partial charge >= 0.3 is 0 Å². The molecule has 0 atom stereocenters. The lowest BCUT2D eigenvalue weighted by Gasteiger charge is -2.18. The van der Waals surface area contributed by atoms with E-state index in [1.807, 2.05) is 0 Å². The molecule has 0 N–H and O–H groups in total. The van der Waals surface area contributed by atoms with E-state index in [0.29, 0.717) is 0 Å². The molecule has 0 unspecified atom stereocenters. The molecule has 0 aromatic heterocycles. The second-order valence-electron chi connectivity index (χ2n) is 6.54. The maximum Gasteiger partial charge on any atom is -0.0414 e. The van der Waals surface area contributed by atoms with E-state index in [1.165, 1.54) is 77.0 Å². The van der Waals surface area contributed by atoms with Gasteiger partial charge in [-0.15, -0.1) is 0 Å². The molecule has 110 valence electrons. The van der Waals surface area contributed by atoms with E-state index in [-0.39, 0.29) is 0 Å². The van der Waals surface area contributed by atoms with Gasteiger partial charge in [0.1, 0.15) is 0 Å². The minimum absolute atomic E-state index is 0.888. The monoisotopic (exact) mass is 254 g/mol. The molecule has 0 heteroatoms. The fourth-order valence-corrected chi connectivity index (χ4v) is 2.72. The lowest BCUT2D eigenvalue weighted by atomic mass is 9.88. The predicted octanol–water partition coefficient (Wildman–Crippen LogP) is 6.98. The maximum atomic E-state index is 2.37. The molecular weight excluding hydrogens is 216 g/mol. The van der Waals surface area contributed by atoms with E-state index in [1.54, 1.807) is 0 Å². The van der Waals surface area contributed by atoms with E-state index in [0.717, 1.165) is 11.8 Å². The molecule has 0 spiro atoms. The molecule has 0 rings (SSSR count). The molecule has 0 amide bonds. The van der Waals surface area contributed by atoms with Crippen molar-refractivity contribution in [3.05, 3.63) is 0 Å². The van der Waals surface area contributed by atoms with Crippen LogP contribution in [0.4, 0.5) is 0 Å². The van der Waals surface area contributed by atoms with Crippen molar-refractivity contribution >= 4 is 0 Å². The Hall–Kier alpha value is 0. The summed E-state index contributed by atoms with van der Waals surface area (Å²) in [5.74, 6) is 1.92. The third kappa shape index (κ3) is 12.5. The molecule has 18 heavy (non-hydrogen) atoms. The van der Waals surface area contributed by atoms with E-state index < -0.39 is 0 Å². The average Bonchev–Trinajstić information content (AvgIpc) is 2.35. The summed E-state index contributed by atoms with van der Waals surface area (Å²) in [4.78, 5) is 0. The minimum atomic E-state index is 0.888. The van der Waals surface area contributed by atoms with Crippen LogP contribution in [0.5, 0.6) is 0 Å². The molecule has 0 aromatic carbocycles. The highest BCUT2D eigenvalue weighted by Gasteiger charge is 2.09. The summed E-state index contributed by atoms with van der Waals surface area (Å²) in [6, 6.07) is 0. The summed E-state index contributed by atoms with van der Waals surface area (Å²) < 4.78 is 0. The number of hydrogen-bond acceptors (Lipinski definition) is 0. The van der Waals surface area contributed by atoms with E-state index in [4.69, 9.17) is 0 Å². The minimum Gasteiger partial charge on any atom is -0.0654 e. The summed E-state index contributed by atoms with van der Waals surface area (Å²) in [7, 11) is 0. The highest BCUT2D eigenvalue weighted by Crippen LogP contribution is 2.24. The van der Waals surface area contributed by atoms with Crippen LogP contribution in [0.25, 0.3) is 0 Å². The molecule has 0 aromatic rings. The first-order valence-electron chi connectivity index (χ1n) is 8.70. The van der Waals surface area contributed by atoms with Crippen molar-refractivity contribution in [1.82, 2.24) is 0 Å². The molecule has 0 aliphatic carbocycles.